The van der Waals surface area contributed by atoms with Crippen molar-refractivity contribution in [3.8, 4) is 6.07 Å². The molecular weight excluding hydrogens is 168 g/mol. The van der Waals surface area contributed by atoms with Crippen LogP contribution < -0.4 is 5.48 Å². The molecule has 0 heterocycles. The van der Waals surface area contributed by atoms with Gasteiger partial charge in [0.2, 0.25) is 0 Å². The van der Waals surface area contributed by atoms with E-state index < -0.39 is 0 Å². The van der Waals surface area contributed by atoms with Gasteiger partial charge >= 0.3 is 0 Å². The van der Waals surface area contributed by atoms with E-state index in [0.29, 0.717) is 11.1 Å². The first kappa shape index (κ1) is 9.23. The molecule has 1 N–H and O–H groups in total. The van der Waals surface area contributed by atoms with Gasteiger partial charge in [0.1, 0.15) is 0 Å². The van der Waals surface area contributed by atoms with Gasteiger partial charge in [0.05, 0.1) is 18.7 Å². The van der Waals surface area contributed by atoms with E-state index in [1.54, 1.807) is 24.3 Å². The molecule has 0 unspecified atom stereocenters. The Kier molecular flexibility index (Phi) is 3.01. The van der Waals surface area contributed by atoms with Gasteiger partial charge in [-0.3, -0.25) is 9.63 Å². The summed E-state index contributed by atoms with van der Waals surface area (Å²) >= 11 is 0. The molecule has 0 aliphatic rings. The largest absolute Gasteiger partial charge is 0.277 e. The maximum absolute atomic E-state index is 11.1. The van der Waals surface area contributed by atoms with Gasteiger partial charge in [0, 0.05) is 5.56 Å². The summed E-state index contributed by atoms with van der Waals surface area (Å²) in [7, 11) is 1.36. The third-order valence-electron chi connectivity index (χ3n) is 1.47. The molecule has 4 heteroatoms. The summed E-state index contributed by atoms with van der Waals surface area (Å²) < 4.78 is 0. The van der Waals surface area contributed by atoms with Crippen molar-refractivity contribution in [2.75, 3.05) is 7.11 Å². The van der Waals surface area contributed by atoms with E-state index in [1.165, 1.54) is 7.11 Å². The molecule has 1 aromatic rings. The number of hydrogen-bond acceptors (Lipinski definition) is 3. The first-order valence-electron chi connectivity index (χ1n) is 3.61. The van der Waals surface area contributed by atoms with E-state index in [9.17, 15) is 4.79 Å². The standard InChI is InChI=1S/C9H8N2O2/c1-13-11-9(12)8-4-2-7(6-10)3-5-8/h2-5H,1H3,(H,11,12). The lowest BCUT2D eigenvalue weighted by atomic mass is 10.1. The highest BCUT2D eigenvalue weighted by atomic mass is 16.6. The number of hydrogen-bond donors (Lipinski definition) is 1. The molecule has 0 radical (unpaired) electrons. The minimum atomic E-state index is -0.327. The van der Waals surface area contributed by atoms with Crippen LogP contribution in [0.5, 0.6) is 0 Å². The molecular formula is C9H8N2O2. The Bertz CT molecular complexity index is 338. The van der Waals surface area contributed by atoms with E-state index in [1.807, 2.05) is 6.07 Å². The van der Waals surface area contributed by atoms with Crippen molar-refractivity contribution in [1.29, 1.82) is 5.26 Å². The topological polar surface area (TPSA) is 62.1 Å². The fourth-order valence-electron chi connectivity index (χ4n) is 0.848. The molecule has 66 valence electrons. The zero-order valence-electron chi connectivity index (χ0n) is 7.07. The van der Waals surface area contributed by atoms with Crippen molar-refractivity contribution in [3.63, 3.8) is 0 Å². The lowest BCUT2D eigenvalue weighted by Gasteiger charge is -2.00. The van der Waals surface area contributed by atoms with Crippen molar-refractivity contribution < 1.29 is 9.63 Å². The van der Waals surface area contributed by atoms with E-state index in [-0.39, 0.29) is 5.91 Å². The Balaban J connectivity index is 2.81. The lowest BCUT2D eigenvalue weighted by Crippen LogP contribution is -2.21. The Hall–Kier alpha value is -1.86. The lowest BCUT2D eigenvalue weighted by molar-refractivity contribution is 0.0537. The summed E-state index contributed by atoms with van der Waals surface area (Å²) in [5, 5.41) is 8.50. The zero-order valence-corrected chi connectivity index (χ0v) is 7.07. The third-order valence-corrected chi connectivity index (χ3v) is 1.47. The van der Waals surface area contributed by atoms with Crippen LogP contribution in [-0.4, -0.2) is 13.0 Å². The summed E-state index contributed by atoms with van der Waals surface area (Å²) in [6.45, 7) is 0. The van der Waals surface area contributed by atoms with Crippen LogP contribution in [0.3, 0.4) is 0 Å². The van der Waals surface area contributed by atoms with Gasteiger partial charge in [0.25, 0.3) is 5.91 Å². The van der Waals surface area contributed by atoms with Gasteiger partial charge in [0.15, 0.2) is 0 Å². The van der Waals surface area contributed by atoms with E-state index >= 15 is 0 Å². The summed E-state index contributed by atoms with van der Waals surface area (Å²) in [6.07, 6.45) is 0. The maximum atomic E-state index is 11.1. The van der Waals surface area contributed by atoms with E-state index in [0.717, 1.165) is 0 Å². The van der Waals surface area contributed by atoms with Crippen LogP contribution in [0.1, 0.15) is 15.9 Å². The quantitative estimate of drug-likeness (QED) is 0.679. The molecule has 0 atom stereocenters. The second-order valence-corrected chi connectivity index (χ2v) is 2.32. The summed E-state index contributed by atoms with van der Waals surface area (Å²) in [5.41, 5.74) is 3.16. The van der Waals surface area contributed by atoms with Crippen LogP contribution in [0.2, 0.25) is 0 Å². The van der Waals surface area contributed by atoms with Gasteiger partial charge in [-0.2, -0.15) is 5.26 Å². The first-order chi connectivity index (χ1) is 6.27. The number of rotatable bonds is 2. The first-order valence-corrected chi connectivity index (χ1v) is 3.61. The second kappa shape index (κ2) is 4.24. The second-order valence-electron chi connectivity index (χ2n) is 2.32. The number of nitriles is 1. The molecule has 1 amide bonds. The highest BCUT2D eigenvalue weighted by molar-refractivity contribution is 5.93. The summed E-state index contributed by atoms with van der Waals surface area (Å²) in [4.78, 5) is 15.6. The number of nitrogens with zero attached hydrogens (tertiary/aromatic N) is 1. The van der Waals surface area contributed by atoms with Crippen molar-refractivity contribution in [3.05, 3.63) is 35.4 Å². The summed E-state index contributed by atoms with van der Waals surface area (Å²) in [6, 6.07) is 8.23. The van der Waals surface area contributed by atoms with Crippen molar-refractivity contribution in [2.24, 2.45) is 0 Å². The minimum absolute atomic E-state index is 0.327. The molecule has 0 aromatic heterocycles. The number of benzene rings is 1. The smallest absolute Gasteiger partial charge is 0.274 e. The molecule has 1 aromatic carbocycles. The van der Waals surface area contributed by atoms with Crippen LogP contribution in [0.25, 0.3) is 0 Å². The van der Waals surface area contributed by atoms with Crippen LogP contribution in [0.15, 0.2) is 24.3 Å². The number of hydroxylamine groups is 1. The monoisotopic (exact) mass is 176 g/mol. The molecule has 0 aliphatic carbocycles. The molecule has 0 spiro atoms. The Labute approximate surface area is 75.7 Å². The van der Waals surface area contributed by atoms with Crippen LogP contribution in [-0.2, 0) is 4.84 Å². The molecule has 13 heavy (non-hydrogen) atoms. The minimum Gasteiger partial charge on any atom is -0.277 e. The fourth-order valence-corrected chi connectivity index (χ4v) is 0.848. The van der Waals surface area contributed by atoms with Gasteiger partial charge < -0.3 is 0 Å². The highest BCUT2D eigenvalue weighted by Gasteiger charge is 2.03. The fraction of sp³-hybridized carbons (Fsp3) is 0.111. The van der Waals surface area contributed by atoms with Crippen molar-refractivity contribution in [1.82, 2.24) is 5.48 Å². The van der Waals surface area contributed by atoms with Gasteiger partial charge in [-0.1, -0.05) is 0 Å². The average Bonchev–Trinajstić information content (AvgIpc) is 2.18. The SMILES string of the molecule is CONC(=O)c1ccc(C#N)cc1. The Morgan fingerprint density at radius 1 is 1.46 bits per heavy atom. The normalized spacial score (nSPS) is 8.92. The molecule has 4 nitrogen and oxygen atoms in total. The van der Waals surface area contributed by atoms with E-state index in [4.69, 9.17) is 5.26 Å². The highest BCUT2D eigenvalue weighted by Crippen LogP contribution is 2.02. The van der Waals surface area contributed by atoms with E-state index in [2.05, 4.69) is 10.3 Å². The Morgan fingerprint density at radius 2 is 2.08 bits per heavy atom. The predicted octanol–water partition coefficient (Wildman–Crippen LogP) is 0.849. The number of carbonyl (C=O) groups is 1. The Morgan fingerprint density at radius 3 is 2.54 bits per heavy atom. The van der Waals surface area contributed by atoms with Gasteiger partial charge in [-0.25, -0.2) is 5.48 Å². The predicted molar refractivity (Wildman–Crippen MR) is 45.6 cm³/mol. The number of nitrogens with one attached hydrogen (secondary N) is 1. The van der Waals surface area contributed by atoms with Crippen molar-refractivity contribution >= 4 is 5.91 Å². The molecule has 1 rings (SSSR count). The van der Waals surface area contributed by atoms with Crippen LogP contribution in [0, 0.1) is 11.3 Å². The van der Waals surface area contributed by atoms with Crippen LogP contribution >= 0.6 is 0 Å². The molecule has 0 aliphatic heterocycles. The maximum Gasteiger partial charge on any atom is 0.274 e. The zero-order chi connectivity index (χ0) is 9.68. The van der Waals surface area contributed by atoms with Gasteiger partial charge in [-0.05, 0) is 24.3 Å². The molecule has 0 saturated heterocycles. The average molecular weight is 176 g/mol. The molecule has 0 saturated carbocycles. The van der Waals surface area contributed by atoms with Crippen LogP contribution in [0.4, 0.5) is 0 Å². The summed E-state index contributed by atoms with van der Waals surface area (Å²) in [5.74, 6) is -0.327. The van der Waals surface area contributed by atoms with Gasteiger partial charge in [-0.15, -0.1) is 0 Å². The molecule has 0 fully saturated rings. The van der Waals surface area contributed by atoms with Crippen molar-refractivity contribution in [2.45, 2.75) is 0 Å². The third kappa shape index (κ3) is 2.29. The number of amides is 1. The number of carbonyl (C=O) groups excluding carboxylic acids is 1. The molecule has 0 bridgehead atoms.